The number of ether oxygens (including phenoxy) is 1. The van der Waals surface area contributed by atoms with Crippen LogP contribution in [-0.2, 0) is 15.7 Å². The van der Waals surface area contributed by atoms with Crippen LogP contribution in [0.2, 0.25) is 10.0 Å². The van der Waals surface area contributed by atoms with Crippen LogP contribution in [0, 0.1) is 0 Å². The number of rotatable bonds is 8. The zero-order chi connectivity index (χ0) is 28.2. The maximum absolute atomic E-state index is 13.7. The molecule has 4 rings (SSSR count). The average Bonchev–Trinajstić information content (AvgIpc) is 3.36. The molecule has 0 fully saturated rings. The fourth-order valence-electron chi connectivity index (χ4n) is 4.26. The Balaban J connectivity index is 1.64. The Bertz CT molecular complexity index is 1380. The number of nitrogens with zero attached hydrogens (tertiary/aromatic N) is 3. The van der Waals surface area contributed by atoms with Crippen molar-refractivity contribution in [3.05, 3.63) is 105 Å². The molecule has 6 nitrogen and oxygen atoms in total. The molecule has 2 amide bonds. The topological polar surface area (TPSA) is 62.2 Å². The summed E-state index contributed by atoms with van der Waals surface area (Å²) in [5, 5.41) is 6.80. The van der Waals surface area contributed by atoms with Crippen LogP contribution in [0.5, 0.6) is 0 Å². The smallest absolute Gasteiger partial charge is 0.383 e. The predicted octanol–water partition coefficient (Wildman–Crippen LogP) is 6.48. The van der Waals surface area contributed by atoms with Gasteiger partial charge < -0.3 is 9.64 Å². The van der Waals surface area contributed by atoms with E-state index < -0.39 is 29.6 Å². The van der Waals surface area contributed by atoms with Crippen molar-refractivity contribution in [3.63, 3.8) is 0 Å². The van der Waals surface area contributed by atoms with Crippen LogP contribution in [0.3, 0.4) is 0 Å². The molecule has 0 saturated heterocycles. The molecule has 0 aromatic heterocycles. The molecule has 0 spiro atoms. The number of hydrazone groups is 1. The van der Waals surface area contributed by atoms with Gasteiger partial charge in [0, 0.05) is 41.2 Å². The first-order valence-corrected chi connectivity index (χ1v) is 12.7. The predicted molar refractivity (Wildman–Crippen MR) is 143 cm³/mol. The zero-order valence-corrected chi connectivity index (χ0v) is 22.3. The first kappa shape index (κ1) is 28.6. The number of alkyl halides is 3. The largest absolute Gasteiger partial charge is 0.416 e. The molecule has 0 radical (unpaired) electrons. The Morgan fingerprint density at radius 2 is 1.64 bits per heavy atom. The molecule has 204 valence electrons. The Labute approximate surface area is 233 Å². The van der Waals surface area contributed by atoms with Crippen LogP contribution in [-0.4, -0.2) is 54.2 Å². The molecule has 11 heteroatoms. The lowest BCUT2D eigenvalue weighted by molar-refractivity contribution is -0.137. The second-order valence-electron chi connectivity index (χ2n) is 8.80. The van der Waals surface area contributed by atoms with E-state index in [1.165, 1.54) is 17.0 Å². The monoisotopic (exact) mass is 577 g/mol. The molecule has 0 N–H and O–H groups in total. The van der Waals surface area contributed by atoms with E-state index in [-0.39, 0.29) is 25.3 Å². The third-order valence-electron chi connectivity index (χ3n) is 6.25. The molecule has 1 atom stereocenters. The summed E-state index contributed by atoms with van der Waals surface area (Å²) in [6, 6.07) is 17.5. The van der Waals surface area contributed by atoms with Gasteiger partial charge in [-0.1, -0.05) is 59.6 Å². The number of hydrogen-bond donors (Lipinski definition) is 0. The van der Waals surface area contributed by atoms with Crippen molar-refractivity contribution in [1.29, 1.82) is 0 Å². The molecule has 0 aliphatic carbocycles. The summed E-state index contributed by atoms with van der Waals surface area (Å²) in [5.74, 6) is -1.11. The van der Waals surface area contributed by atoms with Crippen molar-refractivity contribution in [3.8, 4) is 0 Å². The molecule has 39 heavy (non-hydrogen) atoms. The summed E-state index contributed by atoms with van der Waals surface area (Å²) in [5.41, 5.74) is 1.06. The van der Waals surface area contributed by atoms with Gasteiger partial charge in [0.2, 0.25) is 0 Å². The summed E-state index contributed by atoms with van der Waals surface area (Å²) < 4.78 is 44.0. The van der Waals surface area contributed by atoms with E-state index in [0.717, 1.165) is 24.3 Å². The van der Waals surface area contributed by atoms with Gasteiger partial charge in [-0.05, 0) is 42.0 Å². The van der Waals surface area contributed by atoms with E-state index in [1.54, 1.807) is 42.5 Å². The Kier molecular flexibility index (Phi) is 8.94. The van der Waals surface area contributed by atoms with Crippen molar-refractivity contribution in [2.24, 2.45) is 5.10 Å². The van der Waals surface area contributed by atoms with Crippen LogP contribution < -0.4 is 0 Å². The van der Waals surface area contributed by atoms with Crippen molar-refractivity contribution in [2.45, 2.75) is 18.6 Å². The molecule has 1 heterocycles. The summed E-state index contributed by atoms with van der Waals surface area (Å²) >= 11 is 12.9. The number of carbonyl (C=O) groups excluding carboxylic acids is 2. The normalized spacial score (nSPS) is 15.3. The Hall–Kier alpha value is -3.40. The van der Waals surface area contributed by atoms with Crippen LogP contribution >= 0.6 is 23.2 Å². The van der Waals surface area contributed by atoms with Gasteiger partial charge in [0.15, 0.2) is 0 Å². The number of hydrogen-bond acceptors (Lipinski definition) is 4. The van der Waals surface area contributed by atoms with Crippen molar-refractivity contribution in [2.75, 3.05) is 26.8 Å². The van der Waals surface area contributed by atoms with Gasteiger partial charge in [-0.2, -0.15) is 18.3 Å². The minimum atomic E-state index is -4.53. The number of halogens is 5. The highest BCUT2D eigenvalue weighted by molar-refractivity contribution is 6.34. The number of benzene rings is 3. The third-order valence-corrected chi connectivity index (χ3v) is 6.93. The van der Waals surface area contributed by atoms with Gasteiger partial charge in [0.05, 0.1) is 23.9 Å². The lowest BCUT2D eigenvalue weighted by Crippen LogP contribution is -2.42. The maximum Gasteiger partial charge on any atom is 0.416 e. The lowest BCUT2D eigenvalue weighted by Gasteiger charge is -2.27. The number of carbonyl (C=O) groups is 2. The zero-order valence-electron chi connectivity index (χ0n) is 20.8. The lowest BCUT2D eigenvalue weighted by atomic mass is 9.98. The molecule has 0 saturated carbocycles. The fraction of sp³-hybridized carbons (Fsp3) is 0.250. The molecular formula is C28H24Cl2F3N3O3. The average molecular weight is 578 g/mol. The fourth-order valence-corrected chi connectivity index (χ4v) is 4.77. The van der Waals surface area contributed by atoms with Crippen molar-refractivity contribution < 1.29 is 27.5 Å². The van der Waals surface area contributed by atoms with E-state index in [1.807, 2.05) is 6.07 Å². The quantitative estimate of drug-likeness (QED) is 0.308. The van der Waals surface area contributed by atoms with E-state index in [0.29, 0.717) is 33.3 Å². The second-order valence-corrected chi connectivity index (χ2v) is 9.62. The number of amides is 2. The summed E-state index contributed by atoms with van der Waals surface area (Å²) in [6.07, 6.45) is -4.20. The molecule has 3 aromatic rings. The van der Waals surface area contributed by atoms with E-state index in [2.05, 4.69) is 5.10 Å². The van der Waals surface area contributed by atoms with Crippen LogP contribution in [0.1, 0.15) is 39.5 Å². The molecule has 3 aromatic carbocycles. The van der Waals surface area contributed by atoms with Gasteiger partial charge in [0.1, 0.15) is 6.54 Å². The highest BCUT2D eigenvalue weighted by Crippen LogP contribution is 2.37. The summed E-state index contributed by atoms with van der Waals surface area (Å²) in [6.45, 7) is -0.237. The standard InChI is InChI=1S/C28H24Cl2F3N3O3/c1-39-15-14-35(27(38)18-10-12-19(13-11-18)28(31,32)33)17-26(37)36-25(21-7-3-5-9-23(21)30)16-24(34-36)20-6-2-4-8-22(20)29/h2-13,25H,14-17H2,1H3. The van der Waals surface area contributed by atoms with Gasteiger partial charge in [-0.3, -0.25) is 9.59 Å². The van der Waals surface area contributed by atoms with Crippen molar-refractivity contribution in [1.82, 2.24) is 9.91 Å². The third kappa shape index (κ3) is 6.61. The summed E-state index contributed by atoms with van der Waals surface area (Å²) in [4.78, 5) is 28.1. The highest BCUT2D eigenvalue weighted by atomic mass is 35.5. The number of methoxy groups -OCH3 is 1. The molecular weight excluding hydrogens is 554 g/mol. The van der Waals surface area contributed by atoms with Crippen molar-refractivity contribution >= 4 is 40.7 Å². The highest BCUT2D eigenvalue weighted by Gasteiger charge is 2.36. The van der Waals surface area contributed by atoms with Gasteiger partial charge in [0.25, 0.3) is 11.8 Å². The minimum absolute atomic E-state index is 0.0104. The first-order valence-electron chi connectivity index (χ1n) is 11.9. The molecule has 1 aliphatic heterocycles. The molecule has 1 aliphatic rings. The maximum atomic E-state index is 13.7. The van der Waals surface area contributed by atoms with Gasteiger partial charge >= 0.3 is 6.18 Å². The van der Waals surface area contributed by atoms with Crippen LogP contribution in [0.4, 0.5) is 13.2 Å². The first-order chi connectivity index (χ1) is 18.6. The van der Waals surface area contributed by atoms with Crippen LogP contribution in [0.15, 0.2) is 77.9 Å². The molecule has 0 bridgehead atoms. The minimum Gasteiger partial charge on any atom is -0.383 e. The second kappa shape index (κ2) is 12.2. The SMILES string of the molecule is COCCN(CC(=O)N1N=C(c2ccccc2Cl)CC1c1ccccc1Cl)C(=O)c1ccc(C(F)(F)F)cc1. The van der Waals surface area contributed by atoms with E-state index >= 15 is 0 Å². The van der Waals surface area contributed by atoms with E-state index in [9.17, 15) is 22.8 Å². The molecule has 1 unspecified atom stereocenters. The van der Waals surface area contributed by atoms with Gasteiger partial charge in [-0.25, -0.2) is 5.01 Å². The summed E-state index contributed by atoms with van der Waals surface area (Å²) in [7, 11) is 1.44. The van der Waals surface area contributed by atoms with E-state index in [4.69, 9.17) is 27.9 Å². The van der Waals surface area contributed by atoms with Crippen LogP contribution in [0.25, 0.3) is 0 Å². The Morgan fingerprint density at radius 3 is 2.26 bits per heavy atom. The Morgan fingerprint density at radius 1 is 1.00 bits per heavy atom. The van der Waals surface area contributed by atoms with Gasteiger partial charge in [-0.15, -0.1) is 0 Å².